The molecular weight excluding hydrogens is 496 g/mol. The summed E-state index contributed by atoms with van der Waals surface area (Å²) in [4.78, 5) is 25.5. The van der Waals surface area contributed by atoms with Gasteiger partial charge in [0.1, 0.15) is 11.5 Å². The van der Waals surface area contributed by atoms with Crippen molar-refractivity contribution < 1.29 is 19.1 Å². The Balaban J connectivity index is 1.92. The second kappa shape index (κ2) is 11.0. The van der Waals surface area contributed by atoms with Crippen LogP contribution >= 0.6 is 27.5 Å². The van der Waals surface area contributed by atoms with E-state index < -0.39 is 0 Å². The molecule has 0 saturated heterocycles. The highest BCUT2D eigenvalue weighted by molar-refractivity contribution is 9.10. The quantitative estimate of drug-likeness (QED) is 0.362. The Kier molecular flexibility index (Phi) is 8.14. The third kappa shape index (κ3) is 6.02. The normalized spacial score (nSPS) is 10.4. The van der Waals surface area contributed by atoms with Crippen LogP contribution in [0, 0.1) is 0 Å². The summed E-state index contributed by atoms with van der Waals surface area (Å²) in [5.41, 5.74) is 1.75. The van der Waals surface area contributed by atoms with Gasteiger partial charge in [0.25, 0.3) is 11.8 Å². The first-order valence-electron chi connectivity index (χ1n) is 9.98. The van der Waals surface area contributed by atoms with Crippen molar-refractivity contribution in [2.45, 2.75) is 13.8 Å². The topological polar surface area (TPSA) is 76.7 Å². The second-order valence-corrected chi connectivity index (χ2v) is 7.99. The van der Waals surface area contributed by atoms with Crippen molar-refractivity contribution in [3.05, 3.63) is 81.3 Å². The molecule has 0 fully saturated rings. The van der Waals surface area contributed by atoms with Gasteiger partial charge >= 0.3 is 0 Å². The Morgan fingerprint density at radius 1 is 0.812 bits per heavy atom. The third-order valence-corrected chi connectivity index (χ3v) is 5.13. The fourth-order valence-electron chi connectivity index (χ4n) is 2.93. The first-order valence-corrected chi connectivity index (χ1v) is 11.2. The minimum Gasteiger partial charge on any atom is -0.492 e. The molecule has 2 amide bonds. The highest BCUT2D eigenvalue weighted by Crippen LogP contribution is 2.37. The smallest absolute Gasteiger partial charge is 0.255 e. The molecule has 0 aliphatic carbocycles. The van der Waals surface area contributed by atoms with Gasteiger partial charge in [0.05, 0.1) is 24.6 Å². The molecule has 0 radical (unpaired) electrons. The van der Waals surface area contributed by atoms with Crippen LogP contribution < -0.4 is 20.1 Å². The fourth-order valence-corrected chi connectivity index (χ4v) is 3.38. The molecule has 0 aliphatic rings. The van der Waals surface area contributed by atoms with Crippen molar-refractivity contribution in [2.75, 3.05) is 23.8 Å². The molecule has 3 rings (SSSR count). The van der Waals surface area contributed by atoms with E-state index in [-0.39, 0.29) is 11.8 Å². The number of rotatable bonds is 8. The van der Waals surface area contributed by atoms with Gasteiger partial charge in [-0.3, -0.25) is 9.59 Å². The highest BCUT2D eigenvalue weighted by atomic mass is 79.9. The van der Waals surface area contributed by atoms with E-state index in [0.717, 1.165) is 4.47 Å². The largest absolute Gasteiger partial charge is 0.492 e. The standard InChI is InChI=1S/C24H22BrClN2O4/c1-3-31-21-14-20(28-24(30)16-6-5-7-18(26)12-16)22(32-4-2)13-19(21)27-23(29)15-8-10-17(25)11-9-15/h5-14H,3-4H2,1-2H3,(H,27,29)(H,28,30). The minimum absolute atomic E-state index is 0.295. The van der Waals surface area contributed by atoms with Crippen molar-refractivity contribution in [3.63, 3.8) is 0 Å². The maximum Gasteiger partial charge on any atom is 0.255 e. The number of hydrogen-bond donors (Lipinski definition) is 2. The lowest BCUT2D eigenvalue weighted by atomic mass is 10.1. The van der Waals surface area contributed by atoms with E-state index in [1.165, 1.54) is 0 Å². The Labute approximate surface area is 200 Å². The SMILES string of the molecule is CCOc1cc(NC(=O)c2cccc(Cl)c2)c(OCC)cc1NC(=O)c1ccc(Br)cc1. The van der Waals surface area contributed by atoms with Gasteiger partial charge in [-0.1, -0.05) is 33.6 Å². The van der Waals surface area contributed by atoms with Crippen LogP contribution in [0.4, 0.5) is 11.4 Å². The average Bonchev–Trinajstić information content (AvgIpc) is 2.77. The van der Waals surface area contributed by atoms with Crippen molar-refractivity contribution in [3.8, 4) is 11.5 Å². The van der Waals surface area contributed by atoms with Gasteiger partial charge in [0, 0.05) is 32.8 Å². The maximum atomic E-state index is 12.7. The summed E-state index contributed by atoms with van der Waals surface area (Å²) < 4.78 is 12.3. The number of carbonyl (C=O) groups excluding carboxylic acids is 2. The molecule has 0 bridgehead atoms. The zero-order valence-electron chi connectivity index (χ0n) is 17.6. The van der Waals surface area contributed by atoms with E-state index in [0.29, 0.717) is 52.2 Å². The lowest BCUT2D eigenvalue weighted by Gasteiger charge is -2.18. The van der Waals surface area contributed by atoms with Crippen molar-refractivity contribution in [1.29, 1.82) is 0 Å². The van der Waals surface area contributed by atoms with Crippen LogP contribution in [0.25, 0.3) is 0 Å². The molecule has 0 saturated carbocycles. The summed E-state index contributed by atoms with van der Waals surface area (Å²) in [5, 5.41) is 6.16. The number of anilines is 2. The molecule has 2 N–H and O–H groups in total. The highest BCUT2D eigenvalue weighted by Gasteiger charge is 2.17. The average molecular weight is 518 g/mol. The lowest BCUT2D eigenvalue weighted by molar-refractivity contribution is 0.101. The molecule has 166 valence electrons. The number of halogens is 2. The van der Waals surface area contributed by atoms with Crippen molar-refractivity contribution in [2.24, 2.45) is 0 Å². The summed E-state index contributed by atoms with van der Waals surface area (Å²) >= 11 is 9.36. The minimum atomic E-state index is -0.345. The van der Waals surface area contributed by atoms with Gasteiger partial charge in [-0.05, 0) is 56.3 Å². The molecule has 0 heterocycles. The van der Waals surface area contributed by atoms with E-state index in [9.17, 15) is 9.59 Å². The molecule has 0 unspecified atom stereocenters. The van der Waals surface area contributed by atoms with Crippen LogP contribution in [0.15, 0.2) is 65.1 Å². The predicted molar refractivity (Wildman–Crippen MR) is 130 cm³/mol. The third-order valence-electron chi connectivity index (χ3n) is 4.37. The Bertz CT molecular complexity index is 1120. The molecule has 3 aromatic carbocycles. The molecule has 32 heavy (non-hydrogen) atoms. The Morgan fingerprint density at radius 3 is 1.84 bits per heavy atom. The maximum absolute atomic E-state index is 12.7. The van der Waals surface area contributed by atoms with Gasteiger partial charge in [0.15, 0.2) is 0 Å². The second-order valence-electron chi connectivity index (χ2n) is 6.64. The van der Waals surface area contributed by atoms with E-state index in [1.54, 1.807) is 60.7 Å². The first kappa shape index (κ1) is 23.6. The number of amides is 2. The molecule has 3 aromatic rings. The van der Waals surface area contributed by atoms with E-state index in [2.05, 4.69) is 26.6 Å². The van der Waals surface area contributed by atoms with Gasteiger partial charge < -0.3 is 20.1 Å². The summed E-state index contributed by atoms with van der Waals surface area (Å²) in [6, 6.07) is 16.9. The molecular formula is C24H22BrClN2O4. The summed E-state index contributed by atoms with van der Waals surface area (Å²) in [6.45, 7) is 4.41. The summed E-state index contributed by atoms with van der Waals surface area (Å²) in [5.74, 6) is 0.166. The molecule has 0 aliphatic heterocycles. The zero-order valence-corrected chi connectivity index (χ0v) is 19.9. The molecule has 0 atom stereocenters. The molecule has 8 heteroatoms. The van der Waals surface area contributed by atoms with Crippen LogP contribution in [0.1, 0.15) is 34.6 Å². The van der Waals surface area contributed by atoms with Crippen LogP contribution in [0.5, 0.6) is 11.5 Å². The fraction of sp³-hybridized carbons (Fsp3) is 0.167. The zero-order chi connectivity index (χ0) is 23.1. The Hall–Kier alpha value is -3.03. The lowest BCUT2D eigenvalue weighted by Crippen LogP contribution is -2.15. The predicted octanol–water partition coefficient (Wildman–Crippen LogP) is 6.40. The number of hydrogen-bond acceptors (Lipinski definition) is 4. The first-order chi connectivity index (χ1) is 15.4. The number of ether oxygens (including phenoxy) is 2. The van der Waals surface area contributed by atoms with Gasteiger partial charge in [-0.15, -0.1) is 0 Å². The van der Waals surface area contributed by atoms with E-state index in [1.807, 2.05) is 13.8 Å². The summed E-state index contributed by atoms with van der Waals surface area (Å²) in [7, 11) is 0. The van der Waals surface area contributed by atoms with Crippen molar-refractivity contribution in [1.82, 2.24) is 0 Å². The van der Waals surface area contributed by atoms with Crippen LogP contribution in [-0.2, 0) is 0 Å². The Morgan fingerprint density at radius 2 is 1.34 bits per heavy atom. The van der Waals surface area contributed by atoms with Gasteiger partial charge in [-0.25, -0.2) is 0 Å². The van der Waals surface area contributed by atoms with E-state index in [4.69, 9.17) is 21.1 Å². The van der Waals surface area contributed by atoms with Gasteiger partial charge in [-0.2, -0.15) is 0 Å². The number of carbonyl (C=O) groups is 2. The van der Waals surface area contributed by atoms with Crippen LogP contribution in [0.2, 0.25) is 5.02 Å². The monoisotopic (exact) mass is 516 g/mol. The molecule has 6 nitrogen and oxygen atoms in total. The molecule has 0 aromatic heterocycles. The number of nitrogens with one attached hydrogen (secondary N) is 2. The van der Waals surface area contributed by atoms with Crippen molar-refractivity contribution >= 4 is 50.7 Å². The van der Waals surface area contributed by atoms with Crippen LogP contribution in [-0.4, -0.2) is 25.0 Å². The van der Waals surface area contributed by atoms with Gasteiger partial charge in [0.2, 0.25) is 0 Å². The summed E-state index contributed by atoms with van der Waals surface area (Å²) in [6.07, 6.45) is 0. The number of benzene rings is 3. The molecule has 0 spiro atoms. The van der Waals surface area contributed by atoms with Crippen LogP contribution in [0.3, 0.4) is 0 Å². The van der Waals surface area contributed by atoms with E-state index >= 15 is 0 Å².